The van der Waals surface area contributed by atoms with E-state index < -0.39 is 0 Å². The number of carbonyl (C=O) groups excluding carboxylic acids is 2. The average Bonchev–Trinajstić information content (AvgIpc) is 2.74. The van der Waals surface area contributed by atoms with Crippen LogP contribution in [0.25, 0.3) is 6.08 Å². The van der Waals surface area contributed by atoms with Crippen molar-refractivity contribution < 1.29 is 19.1 Å². The number of pyridine rings is 1. The molecule has 0 saturated heterocycles. The fraction of sp³-hybridized carbons (Fsp3) is 0.318. The number of methoxy groups -OCH3 is 1. The maximum absolute atomic E-state index is 12.7. The van der Waals surface area contributed by atoms with Gasteiger partial charge < -0.3 is 14.4 Å². The molecular weight excluding hydrogens is 356 g/mol. The second kappa shape index (κ2) is 11.5. The van der Waals surface area contributed by atoms with E-state index in [2.05, 4.69) is 16.6 Å². The van der Waals surface area contributed by atoms with Crippen LogP contribution >= 0.6 is 0 Å². The van der Waals surface area contributed by atoms with E-state index >= 15 is 0 Å². The first-order valence-electron chi connectivity index (χ1n) is 9.28. The molecule has 1 aromatic carbocycles. The first-order valence-corrected chi connectivity index (χ1v) is 9.28. The number of esters is 1. The molecule has 0 aliphatic heterocycles. The van der Waals surface area contributed by atoms with E-state index in [1.807, 2.05) is 36.4 Å². The Morgan fingerprint density at radius 1 is 1.11 bits per heavy atom. The molecule has 0 atom stereocenters. The van der Waals surface area contributed by atoms with Gasteiger partial charge in [0, 0.05) is 31.6 Å². The van der Waals surface area contributed by atoms with Crippen LogP contribution in [0.2, 0.25) is 0 Å². The molecule has 6 nitrogen and oxygen atoms in total. The molecule has 0 spiro atoms. The summed E-state index contributed by atoms with van der Waals surface area (Å²) in [7, 11) is 1.34. The Labute approximate surface area is 165 Å². The highest BCUT2D eigenvalue weighted by Gasteiger charge is 2.13. The van der Waals surface area contributed by atoms with Crippen LogP contribution < -0.4 is 4.74 Å². The molecule has 28 heavy (non-hydrogen) atoms. The molecule has 0 fully saturated rings. The van der Waals surface area contributed by atoms with Crippen LogP contribution in [0.1, 0.15) is 30.9 Å². The number of ether oxygens (including phenoxy) is 2. The number of carbonyl (C=O) groups is 2. The topological polar surface area (TPSA) is 68.7 Å². The Morgan fingerprint density at radius 3 is 2.46 bits per heavy atom. The van der Waals surface area contributed by atoms with Gasteiger partial charge in [-0.3, -0.25) is 14.6 Å². The van der Waals surface area contributed by atoms with Gasteiger partial charge in [0.2, 0.25) is 5.91 Å². The lowest BCUT2D eigenvalue weighted by molar-refractivity contribution is -0.141. The molecule has 0 saturated carbocycles. The van der Waals surface area contributed by atoms with Gasteiger partial charge in [-0.1, -0.05) is 19.1 Å². The van der Waals surface area contributed by atoms with E-state index in [0.29, 0.717) is 13.2 Å². The summed E-state index contributed by atoms with van der Waals surface area (Å²) < 4.78 is 10.2. The van der Waals surface area contributed by atoms with E-state index in [0.717, 1.165) is 23.3 Å². The normalized spacial score (nSPS) is 10.6. The molecule has 2 aromatic rings. The van der Waals surface area contributed by atoms with Crippen LogP contribution in [-0.2, 0) is 20.9 Å². The summed E-state index contributed by atoms with van der Waals surface area (Å²) in [5.74, 6) is 0.286. The maximum Gasteiger partial charge on any atom is 0.307 e. The van der Waals surface area contributed by atoms with Crippen LogP contribution in [0.4, 0.5) is 0 Å². The van der Waals surface area contributed by atoms with Crippen molar-refractivity contribution in [3.05, 3.63) is 66.0 Å². The molecule has 1 aromatic heterocycles. The first-order chi connectivity index (χ1) is 13.6. The quantitative estimate of drug-likeness (QED) is 0.465. The highest BCUT2D eigenvalue weighted by Crippen LogP contribution is 2.14. The van der Waals surface area contributed by atoms with Crippen LogP contribution in [0.5, 0.6) is 5.75 Å². The summed E-state index contributed by atoms with van der Waals surface area (Å²) in [4.78, 5) is 29.8. The van der Waals surface area contributed by atoms with Crippen LogP contribution in [0.15, 0.2) is 54.9 Å². The summed E-state index contributed by atoms with van der Waals surface area (Å²) in [5, 5.41) is 0. The highest BCUT2D eigenvalue weighted by atomic mass is 16.5. The van der Waals surface area contributed by atoms with Crippen molar-refractivity contribution in [2.45, 2.75) is 26.3 Å². The predicted octanol–water partition coefficient (Wildman–Crippen LogP) is 3.48. The van der Waals surface area contributed by atoms with Crippen molar-refractivity contribution >= 4 is 18.0 Å². The number of aromatic nitrogens is 1. The highest BCUT2D eigenvalue weighted by molar-refractivity contribution is 5.92. The molecule has 0 aliphatic rings. The molecular formula is C22H26N2O4. The fourth-order valence-corrected chi connectivity index (χ4v) is 2.47. The largest absolute Gasteiger partial charge is 0.494 e. The van der Waals surface area contributed by atoms with E-state index in [-0.39, 0.29) is 24.8 Å². The molecule has 0 radical (unpaired) electrons. The van der Waals surface area contributed by atoms with Gasteiger partial charge in [-0.15, -0.1) is 0 Å². The van der Waals surface area contributed by atoms with Gasteiger partial charge in [0.15, 0.2) is 0 Å². The summed E-state index contributed by atoms with van der Waals surface area (Å²) in [5.41, 5.74) is 1.84. The van der Waals surface area contributed by atoms with Crippen LogP contribution in [-0.4, -0.2) is 42.0 Å². The van der Waals surface area contributed by atoms with E-state index in [9.17, 15) is 9.59 Å². The lowest BCUT2D eigenvalue weighted by Crippen LogP contribution is -2.31. The second-order valence-corrected chi connectivity index (χ2v) is 6.19. The lowest BCUT2D eigenvalue weighted by Gasteiger charge is -2.20. The number of hydrogen-bond acceptors (Lipinski definition) is 5. The lowest BCUT2D eigenvalue weighted by atomic mass is 10.2. The second-order valence-electron chi connectivity index (χ2n) is 6.19. The molecule has 0 N–H and O–H groups in total. The summed E-state index contributed by atoms with van der Waals surface area (Å²) in [6.07, 6.45) is 7.72. The van der Waals surface area contributed by atoms with Gasteiger partial charge in [0.1, 0.15) is 5.75 Å². The summed E-state index contributed by atoms with van der Waals surface area (Å²) >= 11 is 0. The summed E-state index contributed by atoms with van der Waals surface area (Å²) in [6.45, 7) is 3.41. The Bertz CT molecular complexity index is 773. The van der Waals surface area contributed by atoms with Crippen LogP contribution in [0, 0.1) is 0 Å². The zero-order valence-electron chi connectivity index (χ0n) is 16.3. The van der Waals surface area contributed by atoms with E-state index in [1.54, 1.807) is 23.4 Å². The number of benzene rings is 1. The summed E-state index contributed by atoms with van der Waals surface area (Å²) in [6, 6.07) is 11.2. The zero-order chi connectivity index (χ0) is 20.2. The molecule has 1 amide bonds. The standard InChI is InChI=1S/C22H26N2O4/c1-3-16-28-20-7-4-18(5-8-20)6-9-21(25)24(15-12-22(26)27-2)17-19-10-13-23-14-11-19/h4-11,13-14H,3,12,15-17H2,1-2H3/b9-6+. The molecule has 0 aliphatic carbocycles. The molecule has 0 bridgehead atoms. The first kappa shape index (κ1) is 21.2. The van der Waals surface area contributed by atoms with Crippen LogP contribution in [0.3, 0.4) is 0 Å². The minimum absolute atomic E-state index is 0.143. The van der Waals surface area contributed by atoms with E-state index in [4.69, 9.17) is 4.74 Å². The van der Waals surface area contributed by atoms with E-state index in [1.165, 1.54) is 13.2 Å². The van der Waals surface area contributed by atoms with Gasteiger partial charge in [-0.2, -0.15) is 0 Å². The number of hydrogen-bond donors (Lipinski definition) is 0. The molecule has 2 rings (SSSR count). The minimum Gasteiger partial charge on any atom is -0.494 e. The number of nitrogens with zero attached hydrogens (tertiary/aromatic N) is 2. The van der Waals surface area contributed by atoms with Crippen molar-refractivity contribution in [3.8, 4) is 5.75 Å². The number of amides is 1. The Hall–Kier alpha value is -3.15. The molecule has 0 unspecified atom stereocenters. The smallest absolute Gasteiger partial charge is 0.307 e. The average molecular weight is 382 g/mol. The Balaban J connectivity index is 2.03. The van der Waals surface area contributed by atoms with Crippen molar-refractivity contribution in [2.24, 2.45) is 0 Å². The predicted molar refractivity (Wildman–Crippen MR) is 108 cm³/mol. The Morgan fingerprint density at radius 2 is 1.82 bits per heavy atom. The van der Waals surface area contributed by atoms with Crippen molar-refractivity contribution in [3.63, 3.8) is 0 Å². The third-order valence-electron chi connectivity index (χ3n) is 4.02. The third kappa shape index (κ3) is 7.23. The molecule has 6 heteroatoms. The molecule has 148 valence electrons. The fourth-order valence-electron chi connectivity index (χ4n) is 2.47. The monoisotopic (exact) mass is 382 g/mol. The van der Waals surface area contributed by atoms with Gasteiger partial charge in [-0.25, -0.2) is 0 Å². The molecule has 1 heterocycles. The Kier molecular flexibility index (Phi) is 8.72. The van der Waals surface area contributed by atoms with Gasteiger partial charge in [0.25, 0.3) is 0 Å². The van der Waals surface area contributed by atoms with Gasteiger partial charge in [0.05, 0.1) is 20.1 Å². The minimum atomic E-state index is -0.348. The number of rotatable bonds is 10. The van der Waals surface area contributed by atoms with Crippen molar-refractivity contribution in [1.82, 2.24) is 9.88 Å². The maximum atomic E-state index is 12.7. The SMILES string of the molecule is CCCOc1ccc(/C=C/C(=O)N(CCC(=O)OC)Cc2ccncc2)cc1. The van der Waals surface area contributed by atoms with Crippen molar-refractivity contribution in [1.29, 1.82) is 0 Å². The zero-order valence-corrected chi connectivity index (χ0v) is 16.3. The van der Waals surface area contributed by atoms with Gasteiger partial charge in [-0.05, 0) is 47.9 Å². The third-order valence-corrected chi connectivity index (χ3v) is 4.02. The van der Waals surface area contributed by atoms with Crippen molar-refractivity contribution in [2.75, 3.05) is 20.3 Å². The van der Waals surface area contributed by atoms with Gasteiger partial charge >= 0.3 is 5.97 Å².